The lowest BCUT2D eigenvalue weighted by atomic mass is 10.1. The SMILES string of the molecule is O=c1[nH]c(=O)c2c([nH]1)[nH][11c](=O)n2C1OC(CO)C(O)C1O. The fraction of sp³-hybridized carbons (Fsp3) is 0.500. The topological polar surface area (TPSA) is 173 Å². The molecule has 21 heavy (non-hydrogen) atoms. The van der Waals surface area contributed by atoms with E-state index in [2.05, 4.69) is 9.97 Å². The van der Waals surface area contributed by atoms with Crippen molar-refractivity contribution in [3.63, 3.8) is 0 Å². The summed E-state index contributed by atoms with van der Waals surface area (Å²) in [6.07, 6.45) is -5.40. The molecule has 4 atom stereocenters. The fourth-order valence-corrected chi connectivity index (χ4v) is 2.40. The number of aromatic amines is 3. The number of fused-ring (bicyclic) bond motifs is 1. The smallest absolute Gasteiger partial charge is 0.330 e. The largest absolute Gasteiger partial charge is 0.394 e. The predicted molar refractivity (Wildman–Crippen MR) is 66.8 cm³/mol. The fourth-order valence-electron chi connectivity index (χ4n) is 2.40. The Kier molecular flexibility index (Phi) is 3.06. The summed E-state index contributed by atoms with van der Waals surface area (Å²) in [5, 5.41) is 28.7. The summed E-state index contributed by atoms with van der Waals surface area (Å²) in [5.74, 6) is 0. The Morgan fingerprint density at radius 1 is 1.10 bits per heavy atom. The molecule has 0 aliphatic carbocycles. The van der Waals surface area contributed by atoms with Gasteiger partial charge in [-0.2, -0.15) is 0 Å². The van der Waals surface area contributed by atoms with Gasteiger partial charge >= 0.3 is 11.4 Å². The number of ether oxygens (including phenoxy) is 1. The lowest BCUT2D eigenvalue weighted by Gasteiger charge is -2.15. The Morgan fingerprint density at radius 3 is 2.43 bits per heavy atom. The molecule has 0 saturated carbocycles. The molecule has 0 spiro atoms. The van der Waals surface area contributed by atoms with Gasteiger partial charge in [0.25, 0.3) is 5.56 Å². The first-order chi connectivity index (χ1) is 9.93. The lowest BCUT2D eigenvalue weighted by molar-refractivity contribution is -0.0523. The molecule has 3 rings (SSSR count). The first-order valence-electron chi connectivity index (χ1n) is 6.03. The molecule has 1 fully saturated rings. The maximum absolute atomic E-state index is 11.9. The van der Waals surface area contributed by atoms with Crippen molar-refractivity contribution in [1.82, 2.24) is 19.5 Å². The van der Waals surface area contributed by atoms with Crippen molar-refractivity contribution >= 4 is 11.2 Å². The van der Waals surface area contributed by atoms with E-state index in [0.29, 0.717) is 0 Å². The minimum atomic E-state index is -1.52. The van der Waals surface area contributed by atoms with Gasteiger partial charge in [-0.05, 0) is 0 Å². The third-order valence-electron chi connectivity index (χ3n) is 3.38. The van der Waals surface area contributed by atoms with Gasteiger partial charge in [0.1, 0.15) is 24.0 Å². The molecular formula is C10H12N4O7. The number of rotatable bonds is 2. The van der Waals surface area contributed by atoms with E-state index < -0.39 is 48.1 Å². The Balaban J connectivity index is 2.22. The van der Waals surface area contributed by atoms with Gasteiger partial charge in [-0.25, -0.2) is 9.59 Å². The standard InChI is InChI=1S/C10H12N4O7/c15-1-2-4(16)5(17)8(21-2)14-3-6(12-10(14)20)11-9(19)13-7(3)18/h2,4-5,8,15-17H,1H2,(H3,11,12,13,18,19,20)/i10-1. The van der Waals surface area contributed by atoms with E-state index >= 15 is 0 Å². The number of nitrogens with one attached hydrogen (secondary N) is 3. The molecule has 0 radical (unpaired) electrons. The number of hydrogen-bond acceptors (Lipinski definition) is 7. The minimum absolute atomic E-state index is 0.133. The zero-order chi connectivity index (χ0) is 15.3. The monoisotopic (exact) mass is 299 g/mol. The van der Waals surface area contributed by atoms with Gasteiger partial charge in [0.05, 0.1) is 6.61 Å². The molecule has 2 aromatic rings. The van der Waals surface area contributed by atoms with E-state index in [4.69, 9.17) is 9.84 Å². The van der Waals surface area contributed by atoms with E-state index in [9.17, 15) is 24.6 Å². The zero-order valence-corrected chi connectivity index (χ0v) is 10.4. The first kappa shape index (κ1) is 13.8. The van der Waals surface area contributed by atoms with Crippen LogP contribution < -0.4 is 16.9 Å². The van der Waals surface area contributed by atoms with Crippen molar-refractivity contribution in [2.24, 2.45) is 0 Å². The summed E-state index contributed by atoms with van der Waals surface area (Å²) in [5.41, 5.74) is -2.85. The Labute approximate surface area is 114 Å². The van der Waals surface area contributed by atoms with Crippen LogP contribution in [0.2, 0.25) is 0 Å². The number of aliphatic hydroxyl groups is 3. The van der Waals surface area contributed by atoms with Crippen LogP contribution in [0.15, 0.2) is 14.4 Å². The molecule has 114 valence electrons. The molecule has 0 aromatic carbocycles. The van der Waals surface area contributed by atoms with E-state index in [1.807, 2.05) is 4.98 Å². The number of aromatic nitrogens is 4. The maximum Gasteiger partial charge on any atom is 0.330 e. The van der Waals surface area contributed by atoms with Crippen LogP contribution in [0.5, 0.6) is 0 Å². The van der Waals surface area contributed by atoms with Gasteiger partial charge in [0, 0.05) is 0 Å². The average Bonchev–Trinajstić information content (AvgIpc) is 2.88. The van der Waals surface area contributed by atoms with Crippen LogP contribution in [0.3, 0.4) is 0 Å². The van der Waals surface area contributed by atoms with Gasteiger partial charge in [0.15, 0.2) is 11.7 Å². The van der Waals surface area contributed by atoms with E-state index in [-0.39, 0.29) is 11.2 Å². The normalized spacial score (nSPS) is 29.3. The molecular weight excluding hydrogens is 287 g/mol. The van der Waals surface area contributed by atoms with Crippen LogP contribution in [0.1, 0.15) is 6.23 Å². The number of hydrogen-bond donors (Lipinski definition) is 6. The second-order valence-electron chi connectivity index (χ2n) is 4.66. The van der Waals surface area contributed by atoms with Crippen LogP contribution in [-0.2, 0) is 4.74 Å². The van der Waals surface area contributed by atoms with Gasteiger partial charge in [-0.15, -0.1) is 0 Å². The van der Waals surface area contributed by atoms with Crippen molar-refractivity contribution in [2.45, 2.75) is 24.5 Å². The molecule has 11 heteroatoms. The highest BCUT2D eigenvalue weighted by molar-refractivity contribution is 5.69. The molecule has 0 bridgehead atoms. The van der Waals surface area contributed by atoms with Crippen molar-refractivity contribution < 1.29 is 20.1 Å². The van der Waals surface area contributed by atoms with Gasteiger partial charge in [-0.3, -0.25) is 24.3 Å². The summed E-state index contributed by atoms with van der Waals surface area (Å²) in [6.45, 7) is -0.570. The maximum atomic E-state index is 11.9. The Morgan fingerprint density at radius 2 is 1.81 bits per heavy atom. The van der Waals surface area contributed by atoms with Crippen molar-refractivity contribution in [1.29, 1.82) is 0 Å². The first-order valence-corrected chi connectivity index (χ1v) is 6.03. The molecule has 11 nitrogen and oxygen atoms in total. The van der Waals surface area contributed by atoms with Gasteiger partial charge in [0.2, 0.25) is 0 Å². The zero-order valence-electron chi connectivity index (χ0n) is 10.4. The third kappa shape index (κ3) is 1.94. The summed E-state index contributed by atoms with van der Waals surface area (Å²) < 4.78 is 5.99. The molecule has 1 aliphatic heterocycles. The predicted octanol–water partition coefficient (Wildman–Crippen LogP) is -3.68. The molecule has 2 aromatic heterocycles. The van der Waals surface area contributed by atoms with E-state index in [0.717, 1.165) is 4.57 Å². The average molecular weight is 299 g/mol. The van der Waals surface area contributed by atoms with E-state index in [1.54, 1.807) is 0 Å². The van der Waals surface area contributed by atoms with Crippen LogP contribution in [0.25, 0.3) is 11.2 Å². The summed E-state index contributed by atoms with van der Waals surface area (Å²) in [4.78, 5) is 41.4. The number of nitrogens with zero attached hydrogens (tertiary/aromatic N) is 1. The van der Waals surface area contributed by atoms with Gasteiger partial charge < -0.3 is 20.1 Å². The molecule has 1 saturated heterocycles. The minimum Gasteiger partial charge on any atom is -0.394 e. The summed E-state index contributed by atoms with van der Waals surface area (Å²) in [7, 11) is 0. The van der Waals surface area contributed by atoms with Crippen molar-refractivity contribution in [3.05, 3.63) is 31.3 Å². The molecule has 4 unspecified atom stereocenters. The van der Waals surface area contributed by atoms with Crippen LogP contribution in [-0.4, -0.2) is 59.8 Å². The molecule has 3 heterocycles. The number of aliphatic hydroxyl groups excluding tert-OH is 3. The highest BCUT2D eigenvalue weighted by Gasteiger charge is 2.44. The van der Waals surface area contributed by atoms with Crippen LogP contribution >= 0.6 is 0 Å². The highest BCUT2D eigenvalue weighted by Crippen LogP contribution is 2.29. The van der Waals surface area contributed by atoms with Crippen LogP contribution in [0.4, 0.5) is 0 Å². The lowest BCUT2D eigenvalue weighted by Crippen LogP contribution is -2.35. The second-order valence-corrected chi connectivity index (χ2v) is 4.66. The molecule has 0 amide bonds. The Hall–Kier alpha value is -2.21. The number of H-pyrrole nitrogens is 3. The second kappa shape index (κ2) is 4.66. The molecule has 6 N–H and O–H groups in total. The van der Waals surface area contributed by atoms with E-state index in [1.165, 1.54) is 0 Å². The third-order valence-corrected chi connectivity index (χ3v) is 3.38. The Bertz CT molecular complexity index is 845. The van der Waals surface area contributed by atoms with Crippen molar-refractivity contribution in [3.8, 4) is 0 Å². The number of imidazole rings is 1. The molecule has 1 aliphatic rings. The van der Waals surface area contributed by atoms with Crippen LogP contribution in [0, 0.1) is 0 Å². The summed E-state index contributed by atoms with van der Waals surface area (Å²) in [6, 6.07) is 0. The quantitative estimate of drug-likeness (QED) is 0.331. The van der Waals surface area contributed by atoms with Crippen molar-refractivity contribution in [2.75, 3.05) is 6.61 Å². The van der Waals surface area contributed by atoms with Gasteiger partial charge in [-0.1, -0.05) is 0 Å². The highest BCUT2D eigenvalue weighted by atomic mass is 16.6. The summed E-state index contributed by atoms with van der Waals surface area (Å²) >= 11 is 0.